The van der Waals surface area contributed by atoms with Crippen molar-refractivity contribution in [3.63, 3.8) is 0 Å². The van der Waals surface area contributed by atoms with Crippen molar-refractivity contribution >= 4 is 17.5 Å². The van der Waals surface area contributed by atoms with E-state index in [4.69, 9.17) is 5.73 Å². The molecule has 22 heavy (non-hydrogen) atoms. The van der Waals surface area contributed by atoms with Crippen molar-refractivity contribution in [2.45, 2.75) is 38.1 Å². The molecule has 0 bridgehead atoms. The summed E-state index contributed by atoms with van der Waals surface area (Å²) in [6.07, 6.45) is 5.12. The number of carbonyl (C=O) groups is 2. The maximum absolute atomic E-state index is 12.4. The third-order valence-corrected chi connectivity index (χ3v) is 4.62. The van der Waals surface area contributed by atoms with E-state index >= 15 is 0 Å². The second kappa shape index (κ2) is 6.48. The molecule has 5 heteroatoms. The lowest BCUT2D eigenvalue weighted by molar-refractivity contribution is -0.117. The highest BCUT2D eigenvalue weighted by atomic mass is 16.2. The van der Waals surface area contributed by atoms with E-state index in [-0.39, 0.29) is 23.8 Å². The first-order valence-corrected chi connectivity index (χ1v) is 8.09. The molecule has 1 aromatic rings. The Labute approximate surface area is 130 Å². The molecule has 0 aliphatic heterocycles. The summed E-state index contributed by atoms with van der Waals surface area (Å²) in [5.41, 5.74) is 7.02. The summed E-state index contributed by atoms with van der Waals surface area (Å²) in [5, 5.41) is 5.95. The lowest BCUT2D eigenvalue weighted by atomic mass is 10.0. The first kappa shape index (κ1) is 15.0. The fourth-order valence-electron chi connectivity index (χ4n) is 3.09. The van der Waals surface area contributed by atoms with E-state index in [1.54, 1.807) is 18.2 Å². The molecule has 0 heterocycles. The van der Waals surface area contributed by atoms with Gasteiger partial charge in [-0.1, -0.05) is 12.5 Å². The maximum atomic E-state index is 12.4. The Balaban J connectivity index is 1.63. The van der Waals surface area contributed by atoms with E-state index in [1.165, 1.54) is 0 Å². The molecule has 2 fully saturated rings. The molecule has 2 unspecified atom stereocenters. The van der Waals surface area contributed by atoms with Crippen LogP contribution >= 0.6 is 0 Å². The van der Waals surface area contributed by atoms with Crippen LogP contribution in [0.15, 0.2) is 24.3 Å². The molecule has 4 N–H and O–H groups in total. The van der Waals surface area contributed by atoms with Gasteiger partial charge in [0.15, 0.2) is 0 Å². The molecule has 1 aromatic carbocycles. The Hall–Kier alpha value is -1.88. The normalized spacial score (nSPS) is 24.0. The van der Waals surface area contributed by atoms with Crippen LogP contribution in [0.25, 0.3) is 0 Å². The molecule has 0 spiro atoms. The van der Waals surface area contributed by atoms with Crippen molar-refractivity contribution in [2.75, 3.05) is 11.9 Å². The largest absolute Gasteiger partial charge is 0.349 e. The molecule has 2 atom stereocenters. The predicted molar refractivity (Wildman–Crippen MR) is 85.4 cm³/mol. The Kier molecular flexibility index (Phi) is 4.43. The van der Waals surface area contributed by atoms with E-state index < -0.39 is 0 Å². The number of nitrogens with two attached hydrogens (primary N) is 1. The van der Waals surface area contributed by atoms with Crippen LogP contribution in [0.5, 0.6) is 0 Å². The zero-order chi connectivity index (χ0) is 15.5. The van der Waals surface area contributed by atoms with Gasteiger partial charge in [-0.05, 0) is 56.3 Å². The summed E-state index contributed by atoms with van der Waals surface area (Å²) in [5.74, 6) is 0.493. The van der Waals surface area contributed by atoms with E-state index in [1.807, 2.05) is 6.07 Å². The summed E-state index contributed by atoms with van der Waals surface area (Å²) in [6.45, 7) is 0.614. The van der Waals surface area contributed by atoms with E-state index in [0.717, 1.165) is 32.1 Å². The van der Waals surface area contributed by atoms with Gasteiger partial charge in [0.1, 0.15) is 0 Å². The van der Waals surface area contributed by atoms with Crippen LogP contribution in [-0.2, 0) is 4.79 Å². The number of rotatable bonds is 5. The summed E-state index contributed by atoms with van der Waals surface area (Å²) in [7, 11) is 0. The highest BCUT2D eigenvalue weighted by Crippen LogP contribution is 2.30. The van der Waals surface area contributed by atoms with Gasteiger partial charge in [-0.25, -0.2) is 0 Å². The summed E-state index contributed by atoms with van der Waals surface area (Å²) in [6, 6.07) is 7.29. The van der Waals surface area contributed by atoms with Crippen molar-refractivity contribution in [2.24, 2.45) is 17.6 Å². The molecule has 3 rings (SSSR count). The van der Waals surface area contributed by atoms with E-state index in [9.17, 15) is 9.59 Å². The Morgan fingerprint density at radius 2 is 2.00 bits per heavy atom. The first-order valence-electron chi connectivity index (χ1n) is 8.09. The maximum Gasteiger partial charge on any atom is 0.251 e. The quantitative estimate of drug-likeness (QED) is 0.776. The SMILES string of the molecule is NCC1CCCC1NC(=O)c1cccc(NC(=O)C2CC2)c1. The van der Waals surface area contributed by atoms with Crippen molar-refractivity contribution in [1.82, 2.24) is 5.32 Å². The zero-order valence-corrected chi connectivity index (χ0v) is 12.7. The molecular formula is C17H23N3O2. The molecule has 5 nitrogen and oxygen atoms in total. The molecule has 2 saturated carbocycles. The number of nitrogens with one attached hydrogen (secondary N) is 2. The number of carbonyl (C=O) groups excluding carboxylic acids is 2. The summed E-state index contributed by atoms with van der Waals surface area (Å²) >= 11 is 0. The Morgan fingerprint density at radius 3 is 2.73 bits per heavy atom. The van der Waals surface area contributed by atoms with Crippen LogP contribution in [0.4, 0.5) is 5.69 Å². The number of hydrogen-bond donors (Lipinski definition) is 3. The van der Waals surface area contributed by atoms with Gasteiger partial charge in [-0.2, -0.15) is 0 Å². The van der Waals surface area contributed by atoms with Gasteiger partial charge in [-0.3, -0.25) is 9.59 Å². The molecular weight excluding hydrogens is 278 g/mol. The molecule has 0 aromatic heterocycles. The number of anilines is 1. The van der Waals surface area contributed by atoms with Crippen LogP contribution in [0.3, 0.4) is 0 Å². The van der Waals surface area contributed by atoms with Crippen molar-refractivity contribution in [3.05, 3.63) is 29.8 Å². The molecule has 2 amide bonds. The fourth-order valence-corrected chi connectivity index (χ4v) is 3.09. The number of hydrogen-bond acceptors (Lipinski definition) is 3. The van der Waals surface area contributed by atoms with Gasteiger partial charge in [-0.15, -0.1) is 0 Å². The van der Waals surface area contributed by atoms with Gasteiger partial charge >= 0.3 is 0 Å². The number of amides is 2. The second-order valence-electron chi connectivity index (χ2n) is 6.35. The third-order valence-electron chi connectivity index (χ3n) is 4.62. The molecule has 0 radical (unpaired) electrons. The monoisotopic (exact) mass is 301 g/mol. The van der Waals surface area contributed by atoms with Crippen LogP contribution in [0.1, 0.15) is 42.5 Å². The molecule has 0 saturated heterocycles. The van der Waals surface area contributed by atoms with Crippen LogP contribution in [-0.4, -0.2) is 24.4 Å². The van der Waals surface area contributed by atoms with E-state index in [2.05, 4.69) is 10.6 Å². The van der Waals surface area contributed by atoms with Crippen molar-refractivity contribution in [3.8, 4) is 0 Å². The van der Waals surface area contributed by atoms with Gasteiger partial charge in [0, 0.05) is 23.2 Å². The van der Waals surface area contributed by atoms with Crippen LogP contribution in [0.2, 0.25) is 0 Å². The lowest BCUT2D eigenvalue weighted by Crippen LogP contribution is -2.39. The van der Waals surface area contributed by atoms with Gasteiger partial charge in [0.05, 0.1) is 0 Å². The minimum atomic E-state index is -0.0899. The fraction of sp³-hybridized carbons (Fsp3) is 0.529. The van der Waals surface area contributed by atoms with Gasteiger partial charge in [0.25, 0.3) is 5.91 Å². The van der Waals surface area contributed by atoms with Gasteiger partial charge < -0.3 is 16.4 Å². The zero-order valence-electron chi connectivity index (χ0n) is 12.7. The lowest BCUT2D eigenvalue weighted by Gasteiger charge is -2.19. The van der Waals surface area contributed by atoms with Crippen LogP contribution < -0.4 is 16.4 Å². The minimum absolute atomic E-state index is 0.0524. The molecule has 2 aliphatic rings. The Bertz CT molecular complexity index is 569. The first-order chi connectivity index (χ1) is 10.7. The highest BCUT2D eigenvalue weighted by Gasteiger charge is 2.30. The standard InChI is InChI=1S/C17H23N3O2/c18-10-13-4-2-6-15(13)20-17(22)12-3-1-5-14(9-12)19-16(21)11-7-8-11/h1,3,5,9,11,13,15H,2,4,6-8,10,18H2,(H,19,21)(H,20,22). The van der Waals surface area contributed by atoms with Gasteiger partial charge in [0.2, 0.25) is 5.91 Å². The smallest absolute Gasteiger partial charge is 0.251 e. The summed E-state index contributed by atoms with van der Waals surface area (Å²) < 4.78 is 0. The van der Waals surface area contributed by atoms with Crippen molar-refractivity contribution in [1.29, 1.82) is 0 Å². The average molecular weight is 301 g/mol. The number of benzene rings is 1. The predicted octanol–water partition coefficient (Wildman–Crippen LogP) is 1.89. The second-order valence-corrected chi connectivity index (χ2v) is 6.35. The Morgan fingerprint density at radius 1 is 1.18 bits per heavy atom. The van der Waals surface area contributed by atoms with Crippen LogP contribution in [0, 0.1) is 11.8 Å². The van der Waals surface area contributed by atoms with E-state index in [0.29, 0.717) is 23.7 Å². The topological polar surface area (TPSA) is 84.2 Å². The van der Waals surface area contributed by atoms with Crippen molar-refractivity contribution < 1.29 is 9.59 Å². The highest BCUT2D eigenvalue weighted by molar-refractivity contribution is 5.98. The third kappa shape index (κ3) is 3.47. The molecule has 2 aliphatic carbocycles. The minimum Gasteiger partial charge on any atom is -0.349 e. The average Bonchev–Trinajstić information content (AvgIpc) is 3.28. The molecule has 118 valence electrons. The summed E-state index contributed by atoms with van der Waals surface area (Å²) in [4.78, 5) is 24.2.